The van der Waals surface area contributed by atoms with E-state index >= 15 is 0 Å². The first-order valence-corrected chi connectivity index (χ1v) is 11.3. The molecule has 2 N–H and O–H groups in total. The van der Waals surface area contributed by atoms with Crippen molar-refractivity contribution in [2.45, 2.75) is 25.7 Å². The molecular formula is C25H28N6. The predicted molar refractivity (Wildman–Crippen MR) is 127 cm³/mol. The highest BCUT2D eigenvalue weighted by atomic mass is 15.2. The van der Waals surface area contributed by atoms with Crippen LogP contribution in [0.5, 0.6) is 0 Å². The van der Waals surface area contributed by atoms with Gasteiger partial charge in [-0.1, -0.05) is 0 Å². The fourth-order valence-corrected chi connectivity index (χ4v) is 5.11. The molecule has 2 aromatic carbocycles. The van der Waals surface area contributed by atoms with Crippen LogP contribution in [0.2, 0.25) is 0 Å². The second kappa shape index (κ2) is 7.54. The first-order chi connectivity index (χ1) is 15.3. The summed E-state index contributed by atoms with van der Waals surface area (Å²) in [6.45, 7) is 4.42. The Morgan fingerprint density at radius 1 is 0.903 bits per heavy atom. The van der Waals surface area contributed by atoms with Crippen LogP contribution in [-0.2, 0) is 12.8 Å². The van der Waals surface area contributed by atoms with Crippen LogP contribution in [0.4, 0.5) is 17.2 Å². The van der Waals surface area contributed by atoms with Gasteiger partial charge in [-0.15, -0.1) is 0 Å². The van der Waals surface area contributed by atoms with Gasteiger partial charge in [0, 0.05) is 48.3 Å². The molecule has 0 unspecified atom stereocenters. The summed E-state index contributed by atoms with van der Waals surface area (Å²) in [6, 6.07) is 13.0. The number of hydrogen-bond acceptors (Lipinski definition) is 5. The summed E-state index contributed by atoms with van der Waals surface area (Å²) in [5.41, 5.74) is 7.35. The number of aromatic nitrogens is 3. The molecule has 1 fully saturated rings. The zero-order valence-corrected chi connectivity index (χ0v) is 18.0. The van der Waals surface area contributed by atoms with E-state index in [1.807, 2.05) is 6.20 Å². The Balaban J connectivity index is 1.35. The lowest BCUT2D eigenvalue weighted by molar-refractivity contribution is 0.313. The van der Waals surface area contributed by atoms with E-state index in [2.05, 4.69) is 68.8 Å². The highest BCUT2D eigenvalue weighted by Gasteiger charge is 2.21. The number of H-pyrrole nitrogens is 1. The molecule has 0 amide bonds. The first-order valence-electron chi connectivity index (χ1n) is 11.3. The molecule has 0 bridgehead atoms. The molecule has 6 heteroatoms. The van der Waals surface area contributed by atoms with Crippen molar-refractivity contribution in [3.63, 3.8) is 0 Å². The number of nitrogens with one attached hydrogen (secondary N) is 2. The Morgan fingerprint density at radius 3 is 2.48 bits per heavy atom. The molecular weight excluding hydrogens is 384 g/mol. The molecule has 0 spiro atoms. The lowest BCUT2D eigenvalue weighted by Crippen LogP contribution is -2.44. The third-order valence-electron chi connectivity index (χ3n) is 6.89. The van der Waals surface area contributed by atoms with E-state index in [0.29, 0.717) is 0 Å². The van der Waals surface area contributed by atoms with Gasteiger partial charge in [0.05, 0.1) is 17.2 Å². The molecule has 31 heavy (non-hydrogen) atoms. The zero-order chi connectivity index (χ0) is 20.8. The molecule has 6 rings (SSSR count). The normalized spacial score (nSPS) is 17.3. The molecule has 0 atom stereocenters. The summed E-state index contributed by atoms with van der Waals surface area (Å²) in [5, 5.41) is 13.5. The van der Waals surface area contributed by atoms with E-state index in [1.165, 1.54) is 40.4 Å². The van der Waals surface area contributed by atoms with Gasteiger partial charge >= 0.3 is 0 Å². The number of hydrogen-bond donors (Lipinski definition) is 2. The number of aromatic amines is 1. The van der Waals surface area contributed by atoms with Gasteiger partial charge in [-0.3, -0.25) is 5.10 Å². The minimum absolute atomic E-state index is 1.01. The molecule has 1 aliphatic carbocycles. The van der Waals surface area contributed by atoms with Crippen LogP contribution in [0.25, 0.3) is 21.8 Å². The number of benzene rings is 2. The molecule has 158 valence electrons. The molecule has 0 saturated carbocycles. The van der Waals surface area contributed by atoms with Gasteiger partial charge < -0.3 is 15.1 Å². The van der Waals surface area contributed by atoms with Crippen molar-refractivity contribution < 1.29 is 0 Å². The average Bonchev–Trinajstić information content (AvgIpc) is 3.29. The number of piperazine rings is 1. The number of anilines is 3. The number of likely N-dealkylation sites (N-methyl/N-ethyl adjacent to an activating group) is 1. The minimum Gasteiger partial charge on any atom is -0.369 e. The van der Waals surface area contributed by atoms with Crippen LogP contribution < -0.4 is 10.2 Å². The van der Waals surface area contributed by atoms with E-state index in [9.17, 15) is 0 Å². The second-order valence-electron chi connectivity index (χ2n) is 8.88. The van der Waals surface area contributed by atoms with Crippen LogP contribution in [0.1, 0.15) is 24.0 Å². The van der Waals surface area contributed by atoms with Gasteiger partial charge in [0.15, 0.2) is 0 Å². The highest BCUT2D eigenvalue weighted by molar-refractivity contribution is 6.07. The Morgan fingerprint density at radius 2 is 1.68 bits per heavy atom. The topological polar surface area (TPSA) is 60.1 Å². The fourth-order valence-electron chi connectivity index (χ4n) is 5.11. The van der Waals surface area contributed by atoms with Gasteiger partial charge in [0.25, 0.3) is 0 Å². The standard InChI is InChI=1S/C25H28N6/c1-30-12-14-31(15-13-30)18-8-6-17(7-9-18)27-25-20-5-3-2-4-19(20)24-21-16-26-29-22(21)10-11-23(24)28-25/h6-11,16H,2-5,12-15H2,1H3,(H,26,29)(H,27,28). The number of pyridine rings is 1. The second-order valence-corrected chi connectivity index (χ2v) is 8.88. The van der Waals surface area contributed by atoms with E-state index in [4.69, 9.17) is 4.98 Å². The molecule has 2 aliphatic rings. The van der Waals surface area contributed by atoms with Crippen molar-refractivity contribution in [3.05, 3.63) is 53.7 Å². The van der Waals surface area contributed by atoms with Crippen molar-refractivity contribution in [2.75, 3.05) is 43.4 Å². The van der Waals surface area contributed by atoms with Crippen molar-refractivity contribution >= 4 is 39.0 Å². The predicted octanol–water partition coefficient (Wildman–Crippen LogP) is 4.49. The van der Waals surface area contributed by atoms with Crippen LogP contribution in [0.15, 0.2) is 42.6 Å². The van der Waals surface area contributed by atoms with Gasteiger partial charge in [-0.25, -0.2) is 4.98 Å². The summed E-state index contributed by atoms with van der Waals surface area (Å²) in [6.07, 6.45) is 6.58. The van der Waals surface area contributed by atoms with Crippen molar-refractivity contribution in [1.29, 1.82) is 0 Å². The number of fused-ring (bicyclic) bond motifs is 5. The maximum Gasteiger partial charge on any atom is 0.134 e. The maximum absolute atomic E-state index is 5.07. The third-order valence-corrected chi connectivity index (χ3v) is 6.89. The van der Waals surface area contributed by atoms with Crippen LogP contribution in [0, 0.1) is 0 Å². The van der Waals surface area contributed by atoms with Crippen LogP contribution in [0.3, 0.4) is 0 Å². The minimum atomic E-state index is 1.01. The Labute approximate surface area is 182 Å². The number of rotatable bonds is 3. The van der Waals surface area contributed by atoms with E-state index in [-0.39, 0.29) is 0 Å². The fraction of sp³-hybridized carbons (Fsp3) is 0.360. The van der Waals surface area contributed by atoms with Crippen LogP contribution in [-0.4, -0.2) is 53.3 Å². The number of nitrogens with zero attached hydrogens (tertiary/aromatic N) is 4. The van der Waals surface area contributed by atoms with E-state index in [1.54, 1.807) is 0 Å². The van der Waals surface area contributed by atoms with E-state index < -0.39 is 0 Å². The lowest BCUT2D eigenvalue weighted by atomic mass is 9.88. The lowest BCUT2D eigenvalue weighted by Gasteiger charge is -2.34. The molecule has 6 nitrogen and oxygen atoms in total. The molecule has 1 saturated heterocycles. The zero-order valence-electron chi connectivity index (χ0n) is 18.0. The molecule has 4 aromatic rings. The summed E-state index contributed by atoms with van der Waals surface area (Å²) < 4.78 is 0. The summed E-state index contributed by atoms with van der Waals surface area (Å²) in [7, 11) is 2.19. The Hall–Kier alpha value is -3.12. The maximum atomic E-state index is 5.07. The van der Waals surface area contributed by atoms with Crippen molar-refractivity contribution in [3.8, 4) is 0 Å². The molecule has 1 aliphatic heterocycles. The Bertz CT molecular complexity index is 1230. The van der Waals surface area contributed by atoms with Gasteiger partial charge in [-0.05, 0) is 80.3 Å². The van der Waals surface area contributed by atoms with Crippen LogP contribution >= 0.6 is 0 Å². The van der Waals surface area contributed by atoms with Gasteiger partial charge in [0.2, 0.25) is 0 Å². The summed E-state index contributed by atoms with van der Waals surface area (Å²) >= 11 is 0. The van der Waals surface area contributed by atoms with Gasteiger partial charge in [0.1, 0.15) is 5.82 Å². The van der Waals surface area contributed by atoms with Crippen molar-refractivity contribution in [2.24, 2.45) is 0 Å². The SMILES string of the molecule is CN1CCN(c2ccc(Nc3nc4ccc5[nH]ncc5c4c4c3CCCC4)cc2)CC1. The summed E-state index contributed by atoms with van der Waals surface area (Å²) in [4.78, 5) is 9.92. The molecule has 3 heterocycles. The molecule has 2 aromatic heterocycles. The monoisotopic (exact) mass is 412 g/mol. The highest BCUT2D eigenvalue weighted by Crippen LogP contribution is 2.37. The van der Waals surface area contributed by atoms with E-state index in [0.717, 1.165) is 61.6 Å². The average molecular weight is 413 g/mol. The first kappa shape index (κ1) is 18.6. The van der Waals surface area contributed by atoms with Crippen molar-refractivity contribution in [1.82, 2.24) is 20.1 Å². The van der Waals surface area contributed by atoms with Gasteiger partial charge in [-0.2, -0.15) is 5.10 Å². The smallest absolute Gasteiger partial charge is 0.134 e. The quantitative estimate of drug-likeness (QED) is 0.519. The number of aryl methyl sites for hydroxylation is 1. The summed E-state index contributed by atoms with van der Waals surface area (Å²) in [5.74, 6) is 1.01. The Kier molecular flexibility index (Phi) is 4.53. The largest absolute Gasteiger partial charge is 0.369 e. The molecule has 0 radical (unpaired) electrons. The third kappa shape index (κ3) is 3.31.